The maximum absolute atomic E-state index is 12.2. The largest absolute Gasteiger partial charge is 0.382 e. The van der Waals surface area contributed by atoms with Gasteiger partial charge < -0.3 is 5.11 Å². The van der Waals surface area contributed by atoms with Crippen LogP contribution in [0.1, 0.15) is 46.5 Å². The van der Waals surface area contributed by atoms with E-state index in [1.807, 2.05) is 0 Å². The number of hydrogen-bond acceptors (Lipinski definition) is 3. The Kier molecular flexibility index (Phi) is 3.19. The zero-order valence-electron chi connectivity index (χ0n) is 14.7. The molecule has 0 aliphatic heterocycles. The number of Topliss-reactive ketones (excluding diaryl/α,β-unsaturated/α-hetero) is 1. The summed E-state index contributed by atoms with van der Waals surface area (Å²) in [7, 11) is 0. The van der Waals surface area contributed by atoms with Crippen LogP contribution in [0.2, 0.25) is 0 Å². The first-order valence-electron chi connectivity index (χ1n) is 9.09. The third-order valence-corrected chi connectivity index (χ3v) is 7.85. The number of fused-ring (bicyclic) bond motifs is 5. The van der Waals surface area contributed by atoms with Crippen LogP contribution in [-0.2, 0) is 9.59 Å². The molecule has 0 heterocycles. The second-order valence-electron chi connectivity index (χ2n) is 8.68. The third kappa shape index (κ3) is 1.77. The molecule has 2 fully saturated rings. The maximum atomic E-state index is 12.2. The molecular weight excluding hydrogens is 300 g/mol. The summed E-state index contributed by atoms with van der Waals surface area (Å²) in [5.74, 6) is 1.10. The average Bonchev–Trinajstić information content (AvgIpc) is 2.81. The summed E-state index contributed by atoms with van der Waals surface area (Å²) in [5.41, 5.74) is -0.507. The van der Waals surface area contributed by atoms with Crippen molar-refractivity contribution in [2.24, 2.45) is 28.6 Å². The van der Waals surface area contributed by atoms with Gasteiger partial charge in [-0.25, -0.2) is 0 Å². The lowest BCUT2D eigenvalue weighted by Gasteiger charge is -2.55. The molecule has 2 saturated carbocycles. The molecule has 3 nitrogen and oxygen atoms in total. The molecule has 1 N–H and O–H groups in total. The summed E-state index contributed by atoms with van der Waals surface area (Å²) in [6.07, 6.45) is 13.2. The van der Waals surface area contributed by atoms with E-state index < -0.39 is 5.60 Å². The fraction of sp³-hybridized carbons (Fsp3) is 0.619. The van der Waals surface area contributed by atoms with E-state index in [1.54, 1.807) is 12.2 Å². The van der Waals surface area contributed by atoms with E-state index in [4.69, 9.17) is 0 Å². The van der Waals surface area contributed by atoms with Crippen molar-refractivity contribution in [3.05, 3.63) is 36.0 Å². The molecule has 6 atom stereocenters. The van der Waals surface area contributed by atoms with Crippen LogP contribution in [0.15, 0.2) is 36.0 Å². The summed E-state index contributed by atoms with van der Waals surface area (Å²) in [6, 6.07) is 0. The monoisotopic (exact) mass is 326 g/mol. The van der Waals surface area contributed by atoms with Crippen molar-refractivity contribution in [2.75, 3.05) is 0 Å². The lowest BCUT2D eigenvalue weighted by molar-refractivity contribution is -0.155. The van der Waals surface area contributed by atoms with Gasteiger partial charge in [0.2, 0.25) is 0 Å². The summed E-state index contributed by atoms with van der Waals surface area (Å²) >= 11 is 0. The normalized spacial score (nSPS) is 49.2. The van der Waals surface area contributed by atoms with E-state index in [2.05, 4.69) is 32.1 Å². The second kappa shape index (κ2) is 4.78. The molecule has 0 bridgehead atoms. The first-order chi connectivity index (χ1) is 11.2. The van der Waals surface area contributed by atoms with Crippen molar-refractivity contribution in [3.63, 3.8) is 0 Å². The molecule has 0 spiro atoms. The third-order valence-electron chi connectivity index (χ3n) is 7.85. The molecule has 0 aromatic rings. The SMILES string of the molecule is CC(=O)[C@@]1(O)CCC2C3C=CC4=CC(=O)C=C[C@]4(C)C3CC[C@@]21C. The van der Waals surface area contributed by atoms with Gasteiger partial charge in [-0.3, -0.25) is 9.59 Å². The predicted molar refractivity (Wildman–Crippen MR) is 92.2 cm³/mol. The number of aliphatic hydroxyl groups is 1. The Morgan fingerprint density at radius 3 is 2.58 bits per heavy atom. The summed E-state index contributed by atoms with van der Waals surface area (Å²) in [5, 5.41) is 11.1. The van der Waals surface area contributed by atoms with Gasteiger partial charge in [0.25, 0.3) is 0 Å². The van der Waals surface area contributed by atoms with Crippen LogP contribution in [0, 0.1) is 28.6 Å². The van der Waals surface area contributed by atoms with Crippen LogP contribution < -0.4 is 0 Å². The van der Waals surface area contributed by atoms with E-state index in [0.29, 0.717) is 24.2 Å². The van der Waals surface area contributed by atoms with Crippen molar-refractivity contribution >= 4 is 11.6 Å². The molecular formula is C21H26O3. The summed E-state index contributed by atoms with van der Waals surface area (Å²) in [4.78, 5) is 23.9. The first-order valence-corrected chi connectivity index (χ1v) is 9.09. The number of rotatable bonds is 1. The molecule has 3 heteroatoms. The first kappa shape index (κ1) is 16.0. The van der Waals surface area contributed by atoms with Crippen molar-refractivity contribution in [2.45, 2.75) is 52.1 Å². The number of ketones is 2. The highest BCUT2D eigenvalue weighted by molar-refractivity contribution is 6.01. The smallest absolute Gasteiger partial charge is 0.178 e. The Hall–Kier alpha value is -1.48. The Morgan fingerprint density at radius 2 is 1.88 bits per heavy atom. The highest BCUT2D eigenvalue weighted by Crippen LogP contribution is 2.65. The van der Waals surface area contributed by atoms with Gasteiger partial charge in [-0.15, -0.1) is 0 Å². The van der Waals surface area contributed by atoms with Gasteiger partial charge in [0.15, 0.2) is 11.6 Å². The maximum Gasteiger partial charge on any atom is 0.178 e. The van der Waals surface area contributed by atoms with E-state index in [1.165, 1.54) is 6.92 Å². The van der Waals surface area contributed by atoms with Crippen molar-refractivity contribution in [1.82, 2.24) is 0 Å². The van der Waals surface area contributed by atoms with E-state index in [0.717, 1.165) is 24.8 Å². The van der Waals surface area contributed by atoms with Gasteiger partial charge in [-0.05, 0) is 68.1 Å². The number of hydrogen-bond donors (Lipinski definition) is 1. The second-order valence-corrected chi connectivity index (χ2v) is 8.68. The van der Waals surface area contributed by atoms with Gasteiger partial charge in [-0.2, -0.15) is 0 Å². The minimum atomic E-state index is -1.17. The number of carbonyl (C=O) groups excluding carboxylic acids is 2. The number of carbonyl (C=O) groups is 2. The van der Waals surface area contributed by atoms with Crippen LogP contribution in [0.4, 0.5) is 0 Å². The van der Waals surface area contributed by atoms with Gasteiger partial charge in [0, 0.05) is 10.8 Å². The molecule has 4 aliphatic carbocycles. The van der Waals surface area contributed by atoms with E-state index in [-0.39, 0.29) is 22.4 Å². The van der Waals surface area contributed by atoms with Crippen LogP contribution >= 0.6 is 0 Å². The van der Waals surface area contributed by atoms with Crippen LogP contribution in [0.3, 0.4) is 0 Å². The fourth-order valence-electron chi connectivity index (χ4n) is 6.25. The Bertz CT molecular complexity index is 715. The molecule has 0 amide bonds. The fourth-order valence-corrected chi connectivity index (χ4v) is 6.25. The zero-order chi connectivity index (χ0) is 17.3. The lowest BCUT2D eigenvalue weighted by atomic mass is 9.49. The summed E-state index contributed by atoms with van der Waals surface area (Å²) < 4.78 is 0. The molecule has 3 unspecified atom stereocenters. The van der Waals surface area contributed by atoms with Gasteiger partial charge in [-0.1, -0.05) is 32.1 Å². The molecule has 0 aromatic carbocycles. The molecule has 24 heavy (non-hydrogen) atoms. The van der Waals surface area contributed by atoms with Crippen LogP contribution in [0.5, 0.6) is 0 Å². The van der Waals surface area contributed by atoms with E-state index in [9.17, 15) is 14.7 Å². The van der Waals surface area contributed by atoms with Crippen molar-refractivity contribution in [1.29, 1.82) is 0 Å². The topological polar surface area (TPSA) is 54.4 Å². The Morgan fingerprint density at radius 1 is 1.17 bits per heavy atom. The Labute approximate surface area is 143 Å². The highest BCUT2D eigenvalue weighted by Gasteiger charge is 2.64. The van der Waals surface area contributed by atoms with E-state index >= 15 is 0 Å². The quantitative estimate of drug-likeness (QED) is 0.803. The molecule has 0 radical (unpaired) electrons. The number of allylic oxidation sites excluding steroid dienone is 6. The zero-order valence-corrected chi connectivity index (χ0v) is 14.7. The molecule has 4 aliphatic rings. The molecule has 0 saturated heterocycles. The summed E-state index contributed by atoms with van der Waals surface area (Å²) in [6.45, 7) is 5.88. The minimum absolute atomic E-state index is 0.0676. The van der Waals surface area contributed by atoms with Gasteiger partial charge in [0.05, 0.1) is 0 Å². The lowest BCUT2D eigenvalue weighted by Crippen LogP contribution is -2.56. The van der Waals surface area contributed by atoms with Crippen LogP contribution in [-0.4, -0.2) is 22.3 Å². The Balaban J connectivity index is 1.77. The van der Waals surface area contributed by atoms with Crippen LogP contribution in [0.25, 0.3) is 0 Å². The molecule has 0 aromatic heterocycles. The molecule has 128 valence electrons. The van der Waals surface area contributed by atoms with Gasteiger partial charge >= 0.3 is 0 Å². The highest BCUT2D eigenvalue weighted by atomic mass is 16.3. The minimum Gasteiger partial charge on any atom is -0.382 e. The standard InChI is InChI=1S/C21H26O3/c1-13(22)21(24)11-8-18-16-5-4-14-12-15(23)6-9-19(14,2)17(16)7-10-20(18,21)3/h4-6,9,12,16-18,24H,7-8,10-11H2,1-3H3/t16?,17?,18?,19-,20-,21-/m0/s1. The molecule has 4 rings (SSSR count). The van der Waals surface area contributed by atoms with Gasteiger partial charge in [0.1, 0.15) is 5.60 Å². The van der Waals surface area contributed by atoms with Crippen molar-refractivity contribution < 1.29 is 14.7 Å². The van der Waals surface area contributed by atoms with Crippen molar-refractivity contribution in [3.8, 4) is 0 Å². The predicted octanol–water partition coefficient (Wildman–Crippen LogP) is 3.39. The average molecular weight is 326 g/mol.